The Morgan fingerprint density at radius 2 is 2.25 bits per heavy atom. The highest BCUT2D eigenvalue weighted by Crippen LogP contribution is 1.72. The van der Waals surface area contributed by atoms with Gasteiger partial charge in [0.05, 0.1) is 6.61 Å². The second-order valence-corrected chi connectivity index (χ2v) is 2.59. The van der Waals surface area contributed by atoms with Crippen LogP contribution in [0.4, 0.5) is 0 Å². The van der Waals surface area contributed by atoms with Crippen LogP contribution in [0.5, 0.6) is 0 Å². The SMILES string of the molecule is CCONS(=O)CC. The van der Waals surface area contributed by atoms with Gasteiger partial charge in [0, 0.05) is 5.75 Å². The van der Waals surface area contributed by atoms with Gasteiger partial charge >= 0.3 is 0 Å². The van der Waals surface area contributed by atoms with Crippen LogP contribution >= 0.6 is 0 Å². The van der Waals surface area contributed by atoms with E-state index in [1.807, 2.05) is 13.8 Å². The molecule has 0 aromatic heterocycles. The summed E-state index contributed by atoms with van der Waals surface area (Å²) in [7, 11) is -0.999. The van der Waals surface area contributed by atoms with Crippen LogP contribution in [0, 0.1) is 0 Å². The summed E-state index contributed by atoms with van der Waals surface area (Å²) < 4.78 is 10.4. The number of hydrogen-bond donors (Lipinski definition) is 1. The summed E-state index contributed by atoms with van der Waals surface area (Å²) >= 11 is 0. The van der Waals surface area contributed by atoms with Gasteiger partial charge in [0.1, 0.15) is 11.0 Å². The molecule has 0 rings (SSSR count). The lowest BCUT2D eigenvalue weighted by molar-refractivity contribution is 0.110. The van der Waals surface area contributed by atoms with Crippen LogP contribution in [-0.4, -0.2) is 16.6 Å². The normalized spacial score (nSPS) is 13.8. The van der Waals surface area contributed by atoms with Crippen LogP contribution in [0.15, 0.2) is 0 Å². The van der Waals surface area contributed by atoms with E-state index in [-0.39, 0.29) is 0 Å². The molecule has 8 heavy (non-hydrogen) atoms. The maximum absolute atomic E-state index is 10.4. The second kappa shape index (κ2) is 5.21. The summed E-state index contributed by atoms with van der Waals surface area (Å²) in [6.45, 7) is 4.20. The van der Waals surface area contributed by atoms with E-state index >= 15 is 0 Å². The topological polar surface area (TPSA) is 38.3 Å². The standard InChI is InChI=1S/C4H11NO2S/c1-3-7-5-8(6)4-2/h5H,3-4H2,1-2H3. The van der Waals surface area contributed by atoms with E-state index in [9.17, 15) is 4.21 Å². The Bertz CT molecular complexity index is 76.4. The summed E-state index contributed by atoms with van der Waals surface area (Å²) in [5, 5.41) is 0. The van der Waals surface area contributed by atoms with Gasteiger partial charge in [-0.15, -0.1) is 4.89 Å². The summed E-state index contributed by atoms with van der Waals surface area (Å²) in [5.41, 5.74) is 0. The van der Waals surface area contributed by atoms with Crippen LogP contribution in [0.1, 0.15) is 13.8 Å². The molecule has 0 aliphatic carbocycles. The van der Waals surface area contributed by atoms with Crippen molar-refractivity contribution in [3.05, 3.63) is 0 Å². The van der Waals surface area contributed by atoms with Gasteiger partial charge in [-0.05, 0) is 6.92 Å². The first-order chi connectivity index (χ1) is 3.81. The zero-order valence-electron chi connectivity index (χ0n) is 5.14. The molecule has 0 aliphatic rings. The average molecular weight is 137 g/mol. The van der Waals surface area contributed by atoms with Crippen LogP contribution in [0.25, 0.3) is 0 Å². The molecule has 0 saturated heterocycles. The molecule has 0 bridgehead atoms. The first-order valence-electron chi connectivity index (χ1n) is 2.57. The van der Waals surface area contributed by atoms with Gasteiger partial charge in [0.2, 0.25) is 0 Å². The number of nitrogens with one attached hydrogen (secondary N) is 1. The fourth-order valence-corrected chi connectivity index (χ4v) is 0.551. The Hall–Kier alpha value is 0.0700. The molecule has 1 unspecified atom stereocenters. The van der Waals surface area contributed by atoms with Crippen LogP contribution in [0.2, 0.25) is 0 Å². The molecule has 1 N–H and O–H groups in total. The van der Waals surface area contributed by atoms with Crippen molar-refractivity contribution in [2.45, 2.75) is 13.8 Å². The highest BCUT2D eigenvalue weighted by Gasteiger charge is 1.89. The molecule has 1 atom stereocenters. The maximum Gasteiger partial charge on any atom is 0.115 e. The fourth-order valence-electron chi connectivity index (χ4n) is 0.184. The van der Waals surface area contributed by atoms with E-state index in [1.54, 1.807) is 0 Å². The molecule has 4 heteroatoms. The smallest absolute Gasteiger partial charge is 0.115 e. The fraction of sp³-hybridized carbons (Fsp3) is 1.00. The third kappa shape index (κ3) is 4.23. The molecule has 0 spiro atoms. The molecule has 0 amide bonds. The minimum Gasteiger partial charge on any atom is -0.289 e. The van der Waals surface area contributed by atoms with Gasteiger partial charge in [-0.25, -0.2) is 4.21 Å². The summed E-state index contributed by atoms with van der Waals surface area (Å²) in [6, 6.07) is 0. The molecule has 0 aromatic rings. The van der Waals surface area contributed by atoms with Gasteiger partial charge in [-0.2, -0.15) is 0 Å². The van der Waals surface area contributed by atoms with Crippen LogP contribution < -0.4 is 4.89 Å². The first kappa shape index (κ1) is 8.07. The Balaban J connectivity index is 2.99. The molecule has 3 nitrogen and oxygen atoms in total. The van der Waals surface area contributed by atoms with Gasteiger partial charge in [0.25, 0.3) is 0 Å². The van der Waals surface area contributed by atoms with E-state index in [4.69, 9.17) is 0 Å². The van der Waals surface area contributed by atoms with Crippen molar-refractivity contribution in [3.8, 4) is 0 Å². The zero-order chi connectivity index (χ0) is 6.41. The Labute approximate surface area is 52.0 Å². The molecule has 0 fully saturated rings. The maximum atomic E-state index is 10.4. The lowest BCUT2D eigenvalue weighted by Gasteiger charge is -1.97. The van der Waals surface area contributed by atoms with E-state index in [1.165, 1.54) is 0 Å². The highest BCUT2D eigenvalue weighted by molar-refractivity contribution is 7.82. The second-order valence-electron chi connectivity index (χ2n) is 1.15. The van der Waals surface area contributed by atoms with Crippen molar-refractivity contribution in [2.75, 3.05) is 12.4 Å². The molecule has 50 valence electrons. The first-order valence-corrected chi connectivity index (χ1v) is 3.89. The number of hydrogen-bond acceptors (Lipinski definition) is 2. The molecule has 0 saturated carbocycles. The Kier molecular flexibility index (Phi) is 5.26. The van der Waals surface area contributed by atoms with Crippen molar-refractivity contribution >= 4 is 11.0 Å². The predicted octanol–water partition coefficient (Wildman–Crippen LogP) is 0.211. The third-order valence-electron chi connectivity index (χ3n) is 0.558. The summed E-state index contributed by atoms with van der Waals surface area (Å²) in [4.78, 5) is 6.99. The summed E-state index contributed by atoms with van der Waals surface area (Å²) in [6.07, 6.45) is 0. The van der Waals surface area contributed by atoms with Crippen molar-refractivity contribution in [3.63, 3.8) is 0 Å². The van der Waals surface area contributed by atoms with E-state index in [2.05, 4.69) is 9.72 Å². The predicted molar refractivity (Wildman–Crippen MR) is 33.4 cm³/mol. The molecule has 0 heterocycles. The number of rotatable bonds is 4. The minimum absolute atomic E-state index is 0.547. The van der Waals surface area contributed by atoms with Crippen molar-refractivity contribution < 1.29 is 9.05 Å². The third-order valence-corrected chi connectivity index (χ3v) is 1.39. The molecule has 0 aliphatic heterocycles. The van der Waals surface area contributed by atoms with Crippen LogP contribution in [-0.2, 0) is 15.8 Å². The van der Waals surface area contributed by atoms with Gasteiger partial charge in [-0.3, -0.25) is 4.84 Å². The van der Waals surface area contributed by atoms with Crippen molar-refractivity contribution in [1.82, 2.24) is 4.89 Å². The minimum atomic E-state index is -0.999. The van der Waals surface area contributed by atoms with E-state index < -0.39 is 11.0 Å². The van der Waals surface area contributed by atoms with Crippen LogP contribution in [0.3, 0.4) is 0 Å². The van der Waals surface area contributed by atoms with Gasteiger partial charge < -0.3 is 0 Å². The quantitative estimate of drug-likeness (QED) is 0.562. The monoisotopic (exact) mass is 137 g/mol. The van der Waals surface area contributed by atoms with Gasteiger partial charge in [0.15, 0.2) is 0 Å². The van der Waals surface area contributed by atoms with Gasteiger partial charge in [-0.1, -0.05) is 6.92 Å². The highest BCUT2D eigenvalue weighted by atomic mass is 32.2. The lowest BCUT2D eigenvalue weighted by atomic mass is 10.9. The van der Waals surface area contributed by atoms with E-state index in [0.29, 0.717) is 12.4 Å². The van der Waals surface area contributed by atoms with Crippen molar-refractivity contribution in [2.24, 2.45) is 0 Å². The molecule has 0 radical (unpaired) electrons. The largest absolute Gasteiger partial charge is 0.289 e. The molecule has 0 aromatic carbocycles. The average Bonchev–Trinajstić information content (AvgIpc) is 1.83. The lowest BCUT2D eigenvalue weighted by Crippen LogP contribution is -2.18. The summed E-state index contributed by atoms with van der Waals surface area (Å²) in [5.74, 6) is 0.583. The molecular weight excluding hydrogens is 126 g/mol. The molecular formula is C4H11NO2S. The van der Waals surface area contributed by atoms with E-state index in [0.717, 1.165) is 0 Å². The Morgan fingerprint density at radius 1 is 1.62 bits per heavy atom. The zero-order valence-corrected chi connectivity index (χ0v) is 5.96. The Morgan fingerprint density at radius 3 is 2.62 bits per heavy atom. The van der Waals surface area contributed by atoms with Crippen molar-refractivity contribution in [1.29, 1.82) is 0 Å².